The van der Waals surface area contributed by atoms with Crippen molar-refractivity contribution in [3.8, 4) is 0 Å². The summed E-state index contributed by atoms with van der Waals surface area (Å²) in [7, 11) is 0. The second kappa shape index (κ2) is 7.38. The fourth-order valence-electron chi connectivity index (χ4n) is 4.33. The average Bonchev–Trinajstić information content (AvgIpc) is 3.01. The lowest BCUT2D eigenvalue weighted by Gasteiger charge is -2.38. The molecule has 1 radical (unpaired) electrons. The molecule has 1 aromatic heterocycles. The van der Waals surface area contributed by atoms with Gasteiger partial charge in [-0.15, -0.1) is 0 Å². The highest BCUT2D eigenvalue weighted by Crippen LogP contribution is 2.24. The van der Waals surface area contributed by atoms with Crippen LogP contribution in [-0.2, 0) is 6.54 Å². The van der Waals surface area contributed by atoms with Crippen LogP contribution >= 0.6 is 0 Å². The third-order valence-corrected chi connectivity index (χ3v) is 5.88. The summed E-state index contributed by atoms with van der Waals surface area (Å²) in [6.45, 7) is 12.7. The molecule has 2 aliphatic rings. The minimum atomic E-state index is 0.645. The smallest absolute Gasteiger partial charge is 0.0704 e. The molecule has 25 heavy (non-hydrogen) atoms. The standard InChI is InChI=1S/C21H31N4/c1-18(2)23-12-14-24(15-13-23)25-17-19(16-22-10-6-3-7-11-22)20-8-4-5-9-21(20)25/h4,8-9,17-18H,3,6-7,10-16H2,1-2H3. The molecule has 4 heteroatoms. The number of hydrogen-bond donors (Lipinski definition) is 0. The number of aromatic nitrogens is 1. The third kappa shape index (κ3) is 3.56. The lowest BCUT2D eigenvalue weighted by molar-refractivity contribution is 0.196. The van der Waals surface area contributed by atoms with Gasteiger partial charge in [0.05, 0.1) is 5.52 Å². The summed E-state index contributed by atoms with van der Waals surface area (Å²) in [4.78, 5) is 5.19. The number of benzene rings is 1. The Labute approximate surface area is 152 Å². The predicted molar refractivity (Wildman–Crippen MR) is 105 cm³/mol. The molecule has 0 bridgehead atoms. The average molecular weight is 340 g/mol. The van der Waals surface area contributed by atoms with E-state index in [2.05, 4.69) is 63.8 Å². The van der Waals surface area contributed by atoms with E-state index in [1.54, 1.807) is 0 Å². The Balaban J connectivity index is 1.57. The van der Waals surface area contributed by atoms with Crippen LogP contribution in [-0.4, -0.2) is 59.8 Å². The van der Waals surface area contributed by atoms with Crippen molar-refractivity contribution in [2.75, 3.05) is 44.3 Å². The van der Waals surface area contributed by atoms with E-state index in [9.17, 15) is 0 Å². The van der Waals surface area contributed by atoms with Crippen molar-refractivity contribution >= 4 is 10.9 Å². The van der Waals surface area contributed by atoms with Gasteiger partial charge in [-0.05, 0) is 57.5 Å². The largest absolute Gasteiger partial charge is 0.310 e. The van der Waals surface area contributed by atoms with E-state index in [0.717, 1.165) is 32.7 Å². The lowest BCUT2D eigenvalue weighted by Crippen LogP contribution is -2.52. The van der Waals surface area contributed by atoms with E-state index in [0.29, 0.717) is 6.04 Å². The molecule has 0 unspecified atom stereocenters. The molecule has 0 N–H and O–H groups in total. The summed E-state index contributed by atoms with van der Waals surface area (Å²) in [5.41, 5.74) is 2.78. The highest BCUT2D eigenvalue weighted by atomic mass is 15.6. The lowest BCUT2D eigenvalue weighted by atomic mass is 10.1. The maximum atomic E-state index is 3.29. The Kier molecular flexibility index (Phi) is 5.00. The summed E-state index contributed by atoms with van der Waals surface area (Å²) < 4.78 is 2.41. The van der Waals surface area contributed by atoms with Crippen LogP contribution in [0.15, 0.2) is 24.4 Å². The fraction of sp³-hybridized carbons (Fsp3) is 0.619. The number of piperidine rings is 1. The highest BCUT2D eigenvalue weighted by molar-refractivity contribution is 5.84. The van der Waals surface area contributed by atoms with Gasteiger partial charge in [0, 0.05) is 50.3 Å². The van der Waals surface area contributed by atoms with E-state index in [1.165, 1.54) is 48.8 Å². The van der Waals surface area contributed by atoms with Crippen LogP contribution in [0.3, 0.4) is 0 Å². The van der Waals surface area contributed by atoms with Gasteiger partial charge >= 0.3 is 0 Å². The number of rotatable bonds is 4. The van der Waals surface area contributed by atoms with Gasteiger partial charge in [0.15, 0.2) is 0 Å². The van der Waals surface area contributed by atoms with Crippen molar-refractivity contribution in [2.24, 2.45) is 0 Å². The second-order valence-electron chi connectivity index (χ2n) is 7.86. The third-order valence-electron chi connectivity index (χ3n) is 5.88. The summed E-state index contributed by atoms with van der Waals surface area (Å²) in [6.07, 6.45) is 6.48. The minimum absolute atomic E-state index is 0.645. The van der Waals surface area contributed by atoms with Gasteiger partial charge in [-0.25, -0.2) is 0 Å². The van der Waals surface area contributed by atoms with Gasteiger partial charge in [0.25, 0.3) is 0 Å². The number of hydrogen-bond acceptors (Lipinski definition) is 3. The summed E-state index contributed by atoms with van der Waals surface area (Å²) in [5, 5.41) is 3.91. The molecule has 2 saturated heterocycles. The first-order valence-electron chi connectivity index (χ1n) is 9.94. The van der Waals surface area contributed by atoms with Crippen LogP contribution in [0, 0.1) is 6.07 Å². The fourth-order valence-corrected chi connectivity index (χ4v) is 4.33. The maximum Gasteiger partial charge on any atom is 0.0704 e. The van der Waals surface area contributed by atoms with Crippen molar-refractivity contribution in [3.63, 3.8) is 0 Å². The monoisotopic (exact) mass is 339 g/mol. The molecule has 4 rings (SSSR count). The van der Waals surface area contributed by atoms with Crippen LogP contribution in [0.5, 0.6) is 0 Å². The highest BCUT2D eigenvalue weighted by Gasteiger charge is 2.21. The number of piperazine rings is 1. The Morgan fingerprint density at radius 1 is 1.00 bits per heavy atom. The van der Waals surface area contributed by atoms with Crippen molar-refractivity contribution in [3.05, 3.63) is 36.0 Å². The number of nitrogens with zero attached hydrogens (tertiary/aromatic N) is 4. The van der Waals surface area contributed by atoms with Gasteiger partial charge in [-0.1, -0.05) is 18.6 Å². The van der Waals surface area contributed by atoms with Gasteiger partial charge in [0.1, 0.15) is 0 Å². The molecular formula is C21H31N4. The predicted octanol–water partition coefficient (Wildman–Crippen LogP) is 3.09. The van der Waals surface area contributed by atoms with Gasteiger partial charge in [-0.2, -0.15) is 0 Å². The van der Waals surface area contributed by atoms with Crippen LogP contribution in [0.2, 0.25) is 0 Å². The summed E-state index contributed by atoms with van der Waals surface area (Å²) in [5.74, 6) is 0. The van der Waals surface area contributed by atoms with E-state index < -0.39 is 0 Å². The van der Waals surface area contributed by atoms with Gasteiger partial charge in [-0.3, -0.25) is 14.5 Å². The Morgan fingerprint density at radius 2 is 1.76 bits per heavy atom. The van der Waals surface area contributed by atoms with Crippen molar-refractivity contribution < 1.29 is 0 Å². The molecule has 2 aromatic rings. The molecule has 0 atom stereocenters. The van der Waals surface area contributed by atoms with E-state index in [4.69, 9.17) is 0 Å². The van der Waals surface area contributed by atoms with Crippen LogP contribution < -0.4 is 5.01 Å². The SMILES string of the molecule is CC(C)N1CCN(n2cc(CN3CCCCC3)c3cc[c]cc32)CC1. The molecule has 0 aliphatic carbocycles. The molecule has 4 nitrogen and oxygen atoms in total. The molecule has 135 valence electrons. The molecule has 0 saturated carbocycles. The first kappa shape index (κ1) is 16.9. The van der Waals surface area contributed by atoms with Crippen molar-refractivity contribution in [1.29, 1.82) is 0 Å². The number of likely N-dealkylation sites (tertiary alicyclic amines) is 1. The van der Waals surface area contributed by atoms with Crippen molar-refractivity contribution in [1.82, 2.24) is 14.5 Å². The van der Waals surface area contributed by atoms with Crippen molar-refractivity contribution in [2.45, 2.75) is 45.7 Å². The van der Waals surface area contributed by atoms with E-state index >= 15 is 0 Å². The Morgan fingerprint density at radius 3 is 2.48 bits per heavy atom. The van der Waals surface area contributed by atoms with Crippen LogP contribution in [0.4, 0.5) is 0 Å². The second-order valence-corrected chi connectivity index (χ2v) is 7.86. The van der Waals surface area contributed by atoms with E-state index in [1.807, 2.05) is 0 Å². The zero-order valence-electron chi connectivity index (χ0n) is 15.7. The van der Waals surface area contributed by atoms with Gasteiger partial charge in [0.2, 0.25) is 0 Å². The van der Waals surface area contributed by atoms with Gasteiger partial charge < -0.3 is 5.01 Å². The van der Waals surface area contributed by atoms with E-state index in [-0.39, 0.29) is 0 Å². The summed E-state index contributed by atoms with van der Waals surface area (Å²) >= 11 is 0. The first-order chi connectivity index (χ1) is 12.2. The molecular weight excluding hydrogens is 308 g/mol. The minimum Gasteiger partial charge on any atom is -0.310 e. The molecule has 1 aromatic carbocycles. The van der Waals surface area contributed by atoms with Crippen LogP contribution in [0.1, 0.15) is 38.7 Å². The Bertz CT molecular complexity index is 691. The zero-order valence-corrected chi connectivity index (χ0v) is 15.7. The normalized spacial score (nSPS) is 20.7. The molecule has 0 spiro atoms. The topological polar surface area (TPSA) is 14.7 Å². The number of fused-ring (bicyclic) bond motifs is 1. The summed E-state index contributed by atoms with van der Waals surface area (Å²) in [6, 6.07) is 10.4. The molecule has 2 aliphatic heterocycles. The molecule has 0 amide bonds. The Hall–Kier alpha value is -1.52. The van der Waals surface area contributed by atoms with Crippen LogP contribution in [0.25, 0.3) is 10.9 Å². The molecule has 3 heterocycles. The first-order valence-corrected chi connectivity index (χ1v) is 9.94. The zero-order chi connectivity index (χ0) is 17.2. The molecule has 2 fully saturated rings. The quantitative estimate of drug-likeness (QED) is 0.851. The maximum absolute atomic E-state index is 3.29.